The molecule has 2 fully saturated rings. The first-order valence-corrected chi connectivity index (χ1v) is 7.19. The smallest absolute Gasteiger partial charge is 0.326 e. The summed E-state index contributed by atoms with van der Waals surface area (Å²) in [5, 5.41) is 9.25. The van der Waals surface area contributed by atoms with Crippen molar-refractivity contribution in [1.82, 2.24) is 9.80 Å². The standard InChI is InChI=1S/C14H24N2O3/c1-14(2)7-5-8-15(10-14)13(19)16-9-4-3-6-11(16)12(17)18/h11H,3-10H2,1-2H3,(H,17,18). The number of carbonyl (C=O) groups is 2. The van der Waals surface area contributed by atoms with E-state index >= 15 is 0 Å². The van der Waals surface area contributed by atoms with Crippen LogP contribution in [0.1, 0.15) is 46.0 Å². The number of amides is 2. The second-order valence-corrected chi connectivity index (χ2v) is 6.52. The minimum absolute atomic E-state index is 0.0834. The van der Waals surface area contributed by atoms with Gasteiger partial charge < -0.3 is 14.9 Å². The van der Waals surface area contributed by atoms with Crippen LogP contribution in [0.4, 0.5) is 4.79 Å². The van der Waals surface area contributed by atoms with Crippen LogP contribution < -0.4 is 0 Å². The first-order chi connectivity index (χ1) is 8.91. The Balaban J connectivity index is 2.06. The molecule has 5 heteroatoms. The molecule has 1 atom stereocenters. The van der Waals surface area contributed by atoms with E-state index in [-0.39, 0.29) is 11.4 Å². The molecule has 108 valence electrons. The predicted molar refractivity (Wildman–Crippen MR) is 72.0 cm³/mol. The molecular weight excluding hydrogens is 244 g/mol. The lowest BCUT2D eigenvalue weighted by Gasteiger charge is -2.42. The predicted octanol–water partition coefficient (Wildman–Crippen LogP) is 2.17. The average Bonchev–Trinajstić information content (AvgIpc) is 2.36. The van der Waals surface area contributed by atoms with Gasteiger partial charge in [0, 0.05) is 19.6 Å². The molecular formula is C14H24N2O3. The van der Waals surface area contributed by atoms with Crippen LogP contribution in [-0.2, 0) is 4.79 Å². The van der Waals surface area contributed by atoms with Gasteiger partial charge in [0.25, 0.3) is 0 Å². The molecule has 1 unspecified atom stereocenters. The number of aliphatic carboxylic acids is 1. The molecule has 2 saturated heterocycles. The third-order valence-electron chi connectivity index (χ3n) is 4.20. The monoisotopic (exact) mass is 268 g/mol. The summed E-state index contributed by atoms with van der Waals surface area (Å²) in [5.41, 5.74) is 0.141. The van der Waals surface area contributed by atoms with Gasteiger partial charge in [-0.3, -0.25) is 0 Å². The fourth-order valence-electron chi connectivity index (χ4n) is 3.19. The van der Waals surface area contributed by atoms with Crippen molar-refractivity contribution < 1.29 is 14.7 Å². The molecule has 2 rings (SSSR count). The van der Waals surface area contributed by atoms with Crippen molar-refractivity contribution in [3.8, 4) is 0 Å². The number of carboxylic acids is 1. The highest BCUT2D eigenvalue weighted by molar-refractivity contribution is 5.83. The maximum atomic E-state index is 12.5. The maximum absolute atomic E-state index is 12.5. The van der Waals surface area contributed by atoms with E-state index in [1.165, 1.54) is 0 Å². The Kier molecular flexibility index (Phi) is 4.02. The molecule has 5 nitrogen and oxygen atoms in total. The third-order valence-corrected chi connectivity index (χ3v) is 4.20. The normalized spacial score (nSPS) is 27.2. The molecule has 2 aliphatic rings. The molecule has 0 aromatic heterocycles. The lowest BCUT2D eigenvalue weighted by molar-refractivity contribution is -0.143. The van der Waals surface area contributed by atoms with Crippen molar-refractivity contribution in [1.29, 1.82) is 0 Å². The van der Waals surface area contributed by atoms with Crippen molar-refractivity contribution >= 4 is 12.0 Å². The Labute approximate surface area is 114 Å². The lowest BCUT2D eigenvalue weighted by atomic mass is 9.84. The summed E-state index contributed by atoms with van der Waals surface area (Å²) in [7, 11) is 0. The second kappa shape index (κ2) is 5.39. The molecule has 0 aromatic rings. The number of piperidine rings is 2. The highest BCUT2D eigenvalue weighted by atomic mass is 16.4. The SMILES string of the molecule is CC1(C)CCCN(C(=O)N2CCCCC2C(=O)O)C1. The first kappa shape index (κ1) is 14.2. The molecule has 0 spiro atoms. The van der Waals surface area contributed by atoms with Crippen LogP contribution in [0.5, 0.6) is 0 Å². The van der Waals surface area contributed by atoms with Crippen LogP contribution in [0.3, 0.4) is 0 Å². The Hall–Kier alpha value is -1.26. The Bertz CT molecular complexity index is 368. The largest absolute Gasteiger partial charge is 0.480 e. The van der Waals surface area contributed by atoms with Crippen LogP contribution in [0.25, 0.3) is 0 Å². The number of hydrogen-bond acceptors (Lipinski definition) is 2. The first-order valence-electron chi connectivity index (χ1n) is 7.19. The number of carbonyl (C=O) groups excluding carboxylic acids is 1. The van der Waals surface area contributed by atoms with Gasteiger partial charge in [-0.2, -0.15) is 0 Å². The molecule has 1 N–H and O–H groups in total. The molecule has 0 bridgehead atoms. The topological polar surface area (TPSA) is 60.9 Å². The average molecular weight is 268 g/mol. The number of nitrogens with zero attached hydrogens (tertiary/aromatic N) is 2. The quantitative estimate of drug-likeness (QED) is 0.792. The summed E-state index contributed by atoms with van der Waals surface area (Å²) in [4.78, 5) is 27.2. The van der Waals surface area contributed by atoms with Gasteiger partial charge in [-0.05, 0) is 37.5 Å². The molecule has 0 aliphatic carbocycles. The minimum atomic E-state index is -0.871. The summed E-state index contributed by atoms with van der Waals surface area (Å²) in [6.07, 6.45) is 4.51. The van der Waals surface area contributed by atoms with Crippen LogP contribution >= 0.6 is 0 Å². The number of rotatable bonds is 1. The van der Waals surface area contributed by atoms with Crippen LogP contribution in [0.15, 0.2) is 0 Å². The molecule has 2 heterocycles. The highest BCUT2D eigenvalue weighted by Gasteiger charge is 2.37. The molecule has 19 heavy (non-hydrogen) atoms. The molecule has 0 aromatic carbocycles. The van der Waals surface area contributed by atoms with Gasteiger partial charge in [0.1, 0.15) is 6.04 Å². The zero-order valence-corrected chi connectivity index (χ0v) is 11.9. The fourth-order valence-corrected chi connectivity index (χ4v) is 3.19. The zero-order valence-electron chi connectivity index (χ0n) is 11.9. The number of likely N-dealkylation sites (tertiary alicyclic amines) is 2. The van der Waals surface area contributed by atoms with Gasteiger partial charge in [-0.25, -0.2) is 9.59 Å². The van der Waals surface area contributed by atoms with Crippen molar-refractivity contribution in [3.05, 3.63) is 0 Å². The van der Waals surface area contributed by atoms with Gasteiger partial charge >= 0.3 is 12.0 Å². The number of carboxylic acid groups (broad SMARTS) is 1. The second-order valence-electron chi connectivity index (χ2n) is 6.52. The van der Waals surface area contributed by atoms with Crippen molar-refractivity contribution in [2.24, 2.45) is 5.41 Å². The third kappa shape index (κ3) is 3.19. The number of urea groups is 1. The maximum Gasteiger partial charge on any atom is 0.326 e. The van der Waals surface area contributed by atoms with Gasteiger partial charge in [-0.1, -0.05) is 13.8 Å². The van der Waals surface area contributed by atoms with Gasteiger partial charge in [0.05, 0.1) is 0 Å². The van der Waals surface area contributed by atoms with Crippen LogP contribution in [-0.4, -0.2) is 52.6 Å². The molecule has 0 radical (unpaired) electrons. The van der Waals surface area contributed by atoms with E-state index in [9.17, 15) is 14.7 Å². The minimum Gasteiger partial charge on any atom is -0.480 e. The Morgan fingerprint density at radius 1 is 1.16 bits per heavy atom. The van der Waals surface area contributed by atoms with Crippen LogP contribution in [0, 0.1) is 5.41 Å². The summed E-state index contributed by atoms with van der Waals surface area (Å²) in [6.45, 7) is 6.39. The van der Waals surface area contributed by atoms with Crippen molar-refractivity contribution in [2.45, 2.75) is 52.0 Å². The van der Waals surface area contributed by atoms with Crippen LogP contribution in [0.2, 0.25) is 0 Å². The summed E-state index contributed by atoms with van der Waals surface area (Å²) < 4.78 is 0. The van der Waals surface area contributed by atoms with Gasteiger partial charge in [0.2, 0.25) is 0 Å². The zero-order chi connectivity index (χ0) is 14.0. The van der Waals surface area contributed by atoms with E-state index in [0.29, 0.717) is 13.0 Å². The van der Waals surface area contributed by atoms with E-state index in [1.54, 1.807) is 4.90 Å². The summed E-state index contributed by atoms with van der Waals surface area (Å²) in [5.74, 6) is -0.871. The number of hydrogen-bond donors (Lipinski definition) is 1. The van der Waals surface area contributed by atoms with E-state index in [1.807, 2.05) is 4.90 Å². The summed E-state index contributed by atoms with van der Waals surface area (Å²) >= 11 is 0. The fraction of sp³-hybridized carbons (Fsp3) is 0.857. The van der Waals surface area contributed by atoms with Gasteiger partial charge in [-0.15, -0.1) is 0 Å². The molecule has 0 saturated carbocycles. The van der Waals surface area contributed by atoms with Crippen molar-refractivity contribution in [2.75, 3.05) is 19.6 Å². The van der Waals surface area contributed by atoms with E-state index < -0.39 is 12.0 Å². The van der Waals surface area contributed by atoms with Gasteiger partial charge in [0.15, 0.2) is 0 Å². The van der Waals surface area contributed by atoms with E-state index in [0.717, 1.165) is 38.8 Å². The Morgan fingerprint density at radius 3 is 2.53 bits per heavy atom. The molecule has 2 amide bonds. The lowest BCUT2D eigenvalue weighted by Crippen LogP contribution is -2.55. The van der Waals surface area contributed by atoms with Crippen molar-refractivity contribution in [3.63, 3.8) is 0 Å². The molecule has 2 aliphatic heterocycles. The van der Waals surface area contributed by atoms with E-state index in [2.05, 4.69) is 13.8 Å². The summed E-state index contributed by atoms with van der Waals surface area (Å²) in [6, 6.07) is -0.717. The highest BCUT2D eigenvalue weighted by Crippen LogP contribution is 2.30. The Morgan fingerprint density at radius 2 is 1.89 bits per heavy atom. The van der Waals surface area contributed by atoms with E-state index in [4.69, 9.17) is 0 Å².